The van der Waals surface area contributed by atoms with E-state index in [1.54, 1.807) is 27.7 Å². The Morgan fingerprint density at radius 1 is 1.19 bits per heavy atom. The minimum Gasteiger partial charge on any atom is -0.462 e. The molecule has 0 aliphatic rings. The van der Waals surface area contributed by atoms with Crippen LogP contribution in [0.1, 0.15) is 40.8 Å². The first-order chi connectivity index (χ1) is 16.8. The third-order valence-corrected chi connectivity index (χ3v) is 6.58. The Morgan fingerprint density at radius 3 is 2.36 bits per heavy atom. The first-order valence-electron chi connectivity index (χ1n) is 11.0. The topological polar surface area (TPSA) is 181 Å². The van der Waals surface area contributed by atoms with Gasteiger partial charge in [-0.2, -0.15) is 0 Å². The summed E-state index contributed by atoms with van der Waals surface area (Å²) in [4.78, 5) is 49.9. The summed E-state index contributed by atoms with van der Waals surface area (Å²) in [6, 6.07) is -0.774. The lowest BCUT2D eigenvalue weighted by Gasteiger charge is -2.28. The van der Waals surface area contributed by atoms with Gasteiger partial charge in [0.15, 0.2) is 0 Å². The molecule has 1 aromatic heterocycles. The lowest BCUT2D eigenvalue weighted by Crippen LogP contribution is -2.43. The van der Waals surface area contributed by atoms with Crippen LogP contribution < -0.4 is 22.1 Å². The summed E-state index contributed by atoms with van der Waals surface area (Å²) in [5, 5.41) is 2.55. The van der Waals surface area contributed by atoms with Gasteiger partial charge in [-0.05, 0) is 26.7 Å². The van der Waals surface area contributed by atoms with Gasteiger partial charge >= 0.3 is 17.6 Å². The zero-order valence-electron chi connectivity index (χ0n) is 20.6. The second-order valence-electron chi connectivity index (χ2n) is 8.31. The fraction of sp³-hybridized carbons (Fsp3) is 0.700. The van der Waals surface area contributed by atoms with Crippen LogP contribution in [-0.2, 0) is 32.9 Å². The van der Waals surface area contributed by atoms with E-state index in [-0.39, 0.29) is 17.4 Å². The number of carbonyl (C=O) groups is 2. The number of aromatic amines is 1. The third-order valence-electron chi connectivity index (χ3n) is 4.56. The van der Waals surface area contributed by atoms with Crippen LogP contribution in [0.4, 0.5) is 0 Å². The number of halogens is 2. The van der Waals surface area contributed by atoms with Gasteiger partial charge in [-0.3, -0.25) is 28.5 Å². The third kappa shape index (κ3) is 10.8. The Balaban J connectivity index is 3.02. The summed E-state index contributed by atoms with van der Waals surface area (Å²) >= 11 is 9.51. The summed E-state index contributed by atoms with van der Waals surface area (Å²) < 4.78 is 34.9. The predicted molar refractivity (Wildman–Crippen MR) is 136 cm³/mol. The molecule has 0 amide bonds. The number of ether oxygens (including phenoxy) is 3. The molecule has 0 bridgehead atoms. The van der Waals surface area contributed by atoms with E-state index in [0.29, 0.717) is 0 Å². The van der Waals surface area contributed by atoms with Crippen LogP contribution in [-0.4, -0.2) is 63.3 Å². The molecule has 13 nitrogen and oxygen atoms in total. The van der Waals surface area contributed by atoms with E-state index in [4.69, 9.17) is 36.1 Å². The number of hydrogen-bond donors (Lipinski definition) is 3. The van der Waals surface area contributed by atoms with Crippen molar-refractivity contribution in [3.63, 3.8) is 0 Å². The van der Waals surface area contributed by atoms with Gasteiger partial charge in [-0.25, -0.2) is 9.88 Å². The normalized spacial score (nSPS) is 16.7. The molecule has 0 aliphatic heterocycles. The van der Waals surface area contributed by atoms with Crippen molar-refractivity contribution in [3.05, 3.63) is 33.1 Å². The molecule has 3 unspecified atom stereocenters. The number of rotatable bonds is 15. The number of carbonyl (C=O) groups excluding carboxylic acids is 2. The smallest absolute Gasteiger partial charge is 0.330 e. The largest absolute Gasteiger partial charge is 0.462 e. The fourth-order valence-corrected chi connectivity index (χ4v) is 4.07. The van der Waals surface area contributed by atoms with Gasteiger partial charge in [0.2, 0.25) is 5.56 Å². The Kier molecular flexibility index (Phi) is 14.1. The van der Waals surface area contributed by atoms with E-state index in [1.807, 2.05) is 0 Å². The number of nitrogens with one attached hydrogen (secondary N) is 2. The van der Waals surface area contributed by atoms with Gasteiger partial charge in [0, 0.05) is 17.6 Å². The number of aromatic nitrogens is 2. The van der Waals surface area contributed by atoms with Crippen molar-refractivity contribution in [3.8, 4) is 0 Å². The van der Waals surface area contributed by atoms with E-state index in [0.717, 1.165) is 10.6 Å². The predicted octanol–water partition coefficient (Wildman–Crippen LogP) is 1.24. The van der Waals surface area contributed by atoms with Crippen LogP contribution in [0, 0.1) is 5.92 Å². The standard InChI is InChI=1S/C20H33BrClN4O9P/c1-10(2)16(23)19(29)35-17(22)13(9-32-36(31)25-12(5)18(28)33-11(3)4)34-15(8-21)26-7-6-14(27)24-20(26)30/h6-7,10-13,15-17,36H,8-9,23H2,1-5H3,(H,25,31)(H,24,27,30)/t12-,13-,15?,16?,17-/m1/s1. The van der Waals surface area contributed by atoms with Crippen LogP contribution in [0.15, 0.2) is 21.9 Å². The van der Waals surface area contributed by atoms with Crippen LogP contribution >= 0.6 is 35.7 Å². The molecule has 16 heteroatoms. The first kappa shape index (κ1) is 32.5. The second-order valence-corrected chi connectivity index (χ2v) is 10.5. The molecule has 36 heavy (non-hydrogen) atoms. The minimum absolute atomic E-state index is 0.0595. The number of esters is 2. The highest BCUT2D eigenvalue weighted by molar-refractivity contribution is 9.09. The summed E-state index contributed by atoms with van der Waals surface area (Å²) in [5.41, 5.74) is 2.99. The lowest BCUT2D eigenvalue weighted by atomic mass is 10.1. The molecule has 206 valence electrons. The quantitative estimate of drug-likeness (QED) is 0.146. The zero-order chi connectivity index (χ0) is 27.6. The molecule has 0 spiro atoms. The maximum atomic E-state index is 12.4. The molecule has 1 heterocycles. The van der Waals surface area contributed by atoms with Crippen LogP contribution in [0.2, 0.25) is 0 Å². The maximum absolute atomic E-state index is 12.4. The Hall–Kier alpha value is -1.54. The highest BCUT2D eigenvalue weighted by atomic mass is 79.9. The van der Waals surface area contributed by atoms with Crippen LogP contribution in [0.25, 0.3) is 0 Å². The molecule has 0 fully saturated rings. The number of nitrogens with two attached hydrogens (primary N) is 1. The van der Waals surface area contributed by atoms with Gasteiger partial charge in [-0.15, -0.1) is 0 Å². The molecular formula is C20H33BrClN4O9P. The van der Waals surface area contributed by atoms with E-state index in [1.165, 1.54) is 13.1 Å². The monoisotopic (exact) mass is 618 g/mol. The highest BCUT2D eigenvalue weighted by Crippen LogP contribution is 2.24. The van der Waals surface area contributed by atoms with Gasteiger partial charge in [0.25, 0.3) is 13.7 Å². The molecule has 1 rings (SSSR count). The highest BCUT2D eigenvalue weighted by Gasteiger charge is 2.31. The van der Waals surface area contributed by atoms with E-state index in [9.17, 15) is 23.7 Å². The van der Waals surface area contributed by atoms with Crippen LogP contribution in [0.3, 0.4) is 0 Å². The van der Waals surface area contributed by atoms with Gasteiger partial charge in [0.1, 0.15) is 24.4 Å². The Morgan fingerprint density at radius 2 is 1.83 bits per heavy atom. The molecule has 0 saturated heterocycles. The van der Waals surface area contributed by atoms with Crippen LogP contribution in [0.5, 0.6) is 0 Å². The van der Waals surface area contributed by atoms with Gasteiger partial charge in [0.05, 0.1) is 12.7 Å². The average molecular weight is 620 g/mol. The molecule has 6 atom stereocenters. The van der Waals surface area contributed by atoms with Gasteiger partial charge < -0.3 is 24.5 Å². The lowest BCUT2D eigenvalue weighted by molar-refractivity contribution is -0.160. The molecule has 1 aromatic rings. The van der Waals surface area contributed by atoms with E-state index >= 15 is 0 Å². The molecular weight excluding hydrogens is 587 g/mol. The van der Waals surface area contributed by atoms with Crippen molar-refractivity contribution >= 4 is 47.6 Å². The maximum Gasteiger partial charge on any atom is 0.330 e. The van der Waals surface area contributed by atoms with Crippen molar-refractivity contribution < 1.29 is 32.9 Å². The molecule has 0 saturated carbocycles. The van der Waals surface area contributed by atoms with E-state index < -0.39 is 68.0 Å². The average Bonchev–Trinajstić information content (AvgIpc) is 2.78. The summed E-state index contributed by atoms with van der Waals surface area (Å²) in [6.45, 7) is 7.78. The fourth-order valence-electron chi connectivity index (χ4n) is 2.52. The van der Waals surface area contributed by atoms with Crippen molar-refractivity contribution in [2.75, 3.05) is 11.9 Å². The Labute approximate surface area is 222 Å². The molecule has 0 radical (unpaired) electrons. The van der Waals surface area contributed by atoms with Crippen molar-refractivity contribution in [2.45, 2.75) is 70.7 Å². The molecule has 4 N–H and O–H groups in total. The first-order valence-corrected chi connectivity index (χ1v) is 13.9. The van der Waals surface area contributed by atoms with Crippen molar-refractivity contribution in [1.82, 2.24) is 14.6 Å². The van der Waals surface area contributed by atoms with Crippen molar-refractivity contribution in [1.29, 1.82) is 0 Å². The number of nitrogens with zero attached hydrogens (tertiary/aromatic N) is 1. The van der Waals surface area contributed by atoms with Gasteiger partial charge in [-0.1, -0.05) is 41.4 Å². The summed E-state index contributed by atoms with van der Waals surface area (Å²) in [6.07, 6.45) is -1.42. The van der Waals surface area contributed by atoms with Crippen molar-refractivity contribution in [2.24, 2.45) is 11.7 Å². The SMILES string of the molecule is CC(C)OC(=O)[C@@H](C)N[PH](=O)OC[C@@H](OC(CBr)n1ccc(=O)[nH]c1=O)[C@H](Cl)OC(=O)C(N)C(C)C. The number of alkyl halides is 2. The number of hydrogen-bond acceptors (Lipinski definition) is 10. The number of H-pyrrole nitrogens is 1. The molecule has 0 aromatic carbocycles. The summed E-state index contributed by atoms with van der Waals surface area (Å²) in [5.74, 6) is -1.66. The summed E-state index contributed by atoms with van der Waals surface area (Å²) in [7, 11) is -3.01. The second kappa shape index (κ2) is 15.7. The minimum atomic E-state index is -3.01. The Bertz CT molecular complexity index is 1010. The zero-order valence-corrected chi connectivity index (χ0v) is 23.9. The van der Waals surface area contributed by atoms with E-state index in [2.05, 4.69) is 26.0 Å². The molecule has 0 aliphatic carbocycles.